The highest BCUT2D eigenvalue weighted by atomic mass is 35.5. The lowest BCUT2D eigenvalue weighted by atomic mass is 10.0. The molecule has 0 saturated carbocycles. The molecular weight excluding hydrogens is 487 g/mol. The summed E-state index contributed by atoms with van der Waals surface area (Å²) < 4.78 is 2.02. The Hall–Kier alpha value is -2.02. The Morgan fingerprint density at radius 3 is 2.68 bits per heavy atom. The van der Waals surface area contributed by atoms with E-state index in [4.69, 9.17) is 23.2 Å². The van der Waals surface area contributed by atoms with E-state index in [0.717, 1.165) is 37.1 Å². The van der Waals surface area contributed by atoms with Crippen LogP contribution in [0.4, 0.5) is 0 Å². The maximum atomic E-state index is 13.1. The van der Waals surface area contributed by atoms with Crippen molar-refractivity contribution < 1.29 is 4.79 Å². The Morgan fingerprint density at radius 1 is 1.15 bits per heavy atom. The van der Waals surface area contributed by atoms with Crippen LogP contribution in [-0.2, 0) is 4.79 Å². The molecule has 1 amide bonds. The lowest BCUT2D eigenvalue weighted by molar-refractivity contribution is -0.132. The third-order valence-corrected chi connectivity index (χ3v) is 7.81. The number of halogens is 2. The first-order chi connectivity index (χ1) is 16.4. The monoisotopic (exact) mass is 516 g/mol. The fourth-order valence-corrected chi connectivity index (χ4v) is 5.89. The van der Waals surface area contributed by atoms with E-state index >= 15 is 0 Å². The van der Waals surface area contributed by atoms with Crippen LogP contribution in [0.3, 0.4) is 0 Å². The topological polar surface area (TPSA) is 51.0 Å². The van der Waals surface area contributed by atoms with Gasteiger partial charge in [-0.05, 0) is 61.4 Å². The molecule has 4 rings (SSSR count). The van der Waals surface area contributed by atoms with Crippen LogP contribution in [0.2, 0.25) is 10.0 Å². The predicted octanol–water partition coefficient (Wildman–Crippen LogP) is 7.25. The zero-order chi connectivity index (χ0) is 24.2. The highest BCUT2D eigenvalue weighted by molar-refractivity contribution is 7.99. The van der Waals surface area contributed by atoms with Crippen molar-refractivity contribution in [1.82, 2.24) is 19.7 Å². The molecule has 0 N–H and O–H groups in total. The summed E-state index contributed by atoms with van der Waals surface area (Å²) in [5.74, 6) is 1.42. The number of thioether (sulfide) groups is 1. The minimum absolute atomic E-state index is 0.161. The van der Waals surface area contributed by atoms with Gasteiger partial charge in [0.2, 0.25) is 5.91 Å². The molecule has 2 aromatic carbocycles. The Kier molecular flexibility index (Phi) is 8.22. The molecule has 2 heterocycles. The molecule has 180 valence electrons. The molecule has 0 aliphatic carbocycles. The Bertz CT molecular complexity index is 1160. The number of nitrogens with zero attached hydrogens (tertiary/aromatic N) is 4. The highest BCUT2D eigenvalue weighted by Crippen LogP contribution is 2.36. The summed E-state index contributed by atoms with van der Waals surface area (Å²) in [5, 5.41) is 10.8. The summed E-state index contributed by atoms with van der Waals surface area (Å²) in [6.07, 6.45) is 4.35. The van der Waals surface area contributed by atoms with E-state index in [-0.39, 0.29) is 5.91 Å². The number of hydrogen-bond donors (Lipinski definition) is 0. The summed E-state index contributed by atoms with van der Waals surface area (Å²) in [5.41, 5.74) is 2.91. The summed E-state index contributed by atoms with van der Waals surface area (Å²) >= 11 is 14.1. The number of aromatic nitrogens is 3. The van der Waals surface area contributed by atoms with Gasteiger partial charge in [-0.1, -0.05) is 73.9 Å². The summed E-state index contributed by atoms with van der Waals surface area (Å²) in [6.45, 7) is 7.32. The molecule has 0 bridgehead atoms. The van der Waals surface area contributed by atoms with Crippen molar-refractivity contribution >= 4 is 40.9 Å². The molecular formula is C26H30Cl2N4OS. The summed E-state index contributed by atoms with van der Waals surface area (Å²) in [4.78, 5) is 15.2. The molecule has 3 aromatic rings. The van der Waals surface area contributed by atoms with Crippen molar-refractivity contribution in [3.05, 3.63) is 58.1 Å². The van der Waals surface area contributed by atoms with Crippen molar-refractivity contribution in [3.8, 4) is 17.1 Å². The van der Waals surface area contributed by atoms with Gasteiger partial charge in [-0.3, -0.25) is 9.36 Å². The normalized spacial score (nSPS) is 16.3. The number of likely N-dealkylation sites (tertiary alicyclic amines) is 1. The van der Waals surface area contributed by atoms with E-state index in [0.29, 0.717) is 38.7 Å². The Morgan fingerprint density at radius 2 is 1.94 bits per heavy atom. The fraction of sp³-hybridized carbons (Fsp3) is 0.423. The molecule has 8 heteroatoms. The van der Waals surface area contributed by atoms with Gasteiger partial charge in [0.25, 0.3) is 0 Å². The Balaban J connectivity index is 1.72. The van der Waals surface area contributed by atoms with E-state index in [1.54, 1.807) is 12.1 Å². The van der Waals surface area contributed by atoms with Gasteiger partial charge in [0.05, 0.1) is 16.5 Å². The summed E-state index contributed by atoms with van der Waals surface area (Å²) in [6, 6.07) is 13.9. The van der Waals surface area contributed by atoms with Crippen molar-refractivity contribution in [1.29, 1.82) is 0 Å². The molecule has 1 aliphatic heterocycles. The number of benzene rings is 2. The average Bonchev–Trinajstić information content (AvgIpc) is 3.25. The molecule has 1 saturated heterocycles. The second kappa shape index (κ2) is 11.1. The third kappa shape index (κ3) is 5.29. The molecule has 1 unspecified atom stereocenters. The fourth-order valence-electron chi connectivity index (χ4n) is 4.57. The molecule has 1 fully saturated rings. The molecule has 1 atom stereocenters. The first-order valence-electron chi connectivity index (χ1n) is 11.8. The number of amides is 1. The number of rotatable bonds is 7. The number of piperidine rings is 1. The van der Waals surface area contributed by atoms with Crippen LogP contribution in [0.5, 0.6) is 0 Å². The van der Waals surface area contributed by atoms with Gasteiger partial charge < -0.3 is 4.90 Å². The lowest BCUT2D eigenvalue weighted by Crippen LogP contribution is -2.44. The van der Waals surface area contributed by atoms with E-state index < -0.39 is 0 Å². The number of hydrogen-bond acceptors (Lipinski definition) is 4. The van der Waals surface area contributed by atoms with Crippen LogP contribution >= 0.6 is 35.0 Å². The smallest absolute Gasteiger partial charge is 0.233 e. The molecule has 0 radical (unpaired) electrons. The van der Waals surface area contributed by atoms with Gasteiger partial charge in [0.15, 0.2) is 11.0 Å². The number of carbonyl (C=O) groups excluding carboxylic acids is 1. The second-order valence-corrected chi connectivity index (χ2v) is 10.7. The SMILES string of the molecule is CCC1CCCCN1C(=O)CSc1nnc(-c2ccc(Cl)cc2Cl)n1-c1ccccc1C(C)C. The van der Waals surface area contributed by atoms with Crippen LogP contribution in [0, 0.1) is 0 Å². The largest absolute Gasteiger partial charge is 0.339 e. The third-order valence-electron chi connectivity index (χ3n) is 6.35. The van der Waals surface area contributed by atoms with Crippen LogP contribution < -0.4 is 0 Å². The molecule has 1 aliphatic rings. The summed E-state index contributed by atoms with van der Waals surface area (Å²) in [7, 11) is 0. The van der Waals surface area contributed by atoms with Crippen molar-refractivity contribution in [2.24, 2.45) is 0 Å². The van der Waals surface area contributed by atoms with Gasteiger partial charge in [-0.15, -0.1) is 10.2 Å². The van der Waals surface area contributed by atoms with E-state index in [1.165, 1.54) is 23.7 Å². The minimum Gasteiger partial charge on any atom is -0.339 e. The van der Waals surface area contributed by atoms with Crippen molar-refractivity contribution in [2.75, 3.05) is 12.3 Å². The second-order valence-electron chi connectivity index (χ2n) is 8.91. The van der Waals surface area contributed by atoms with Gasteiger partial charge in [0, 0.05) is 23.2 Å². The number of carbonyl (C=O) groups is 1. The first kappa shape index (κ1) is 25.1. The first-order valence-corrected chi connectivity index (χ1v) is 13.6. The molecule has 5 nitrogen and oxygen atoms in total. The van der Waals surface area contributed by atoms with Crippen molar-refractivity contribution in [3.63, 3.8) is 0 Å². The van der Waals surface area contributed by atoms with Gasteiger partial charge in [0.1, 0.15) is 0 Å². The van der Waals surface area contributed by atoms with E-state index in [1.807, 2.05) is 22.8 Å². The maximum absolute atomic E-state index is 13.1. The van der Waals surface area contributed by atoms with Gasteiger partial charge in [-0.25, -0.2) is 0 Å². The minimum atomic E-state index is 0.161. The zero-order valence-corrected chi connectivity index (χ0v) is 22.1. The van der Waals surface area contributed by atoms with E-state index in [9.17, 15) is 4.79 Å². The van der Waals surface area contributed by atoms with Crippen LogP contribution in [-0.4, -0.2) is 43.9 Å². The Labute approximate surface area is 215 Å². The van der Waals surface area contributed by atoms with Crippen LogP contribution in [0.15, 0.2) is 47.6 Å². The highest BCUT2D eigenvalue weighted by Gasteiger charge is 2.27. The molecule has 1 aromatic heterocycles. The van der Waals surface area contributed by atoms with Crippen LogP contribution in [0.1, 0.15) is 57.9 Å². The van der Waals surface area contributed by atoms with Gasteiger partial charge >= 0.3 is 0 Å². The predicted molar refractivity (Wildman–Crippen MR) is 141 cm³/mol. The van der Waals surface area contributed by atoms with Gasteiger partial charge in [-0.2, -0.15) is 0 Å². The maximum Gasteiger partial charge on any atom is 0.233 e. The molecule has 34 heavy (non-hydrogen) atoms. The quantitative estimate of drug-likeness (QED) is 0.310. The zero-order valence-electron chi connectivity index (χ0n) is 19.8. The standard InChI is InChI=1S/C26H30Cl2N4OS/c1-4-19-9-7-8-14-31(19)24(33)16-34-26-30-29-25(21-13-12-18(27)15-22(21)28)32(26)23-11-6-5-10-20(23)17(2)3/h5-6,10-13,15,17,19H,4,7-9,14,16H2,1-3H3. The number of para-hydroxylation sites is 1. The molecule has 0 spiro atoms. The van der Waals surface area contributed by atoms with Crippen LogP contribution in [0.25, 0.3) is 17.1 Å². The van der Waals surface area contributed by atoms with E-state index in [2.05, 4.69) is 48.0 Å². The lowest BCUT2D eigenvalue weighted by Gasteiger charge is -2.35. The van der Waals surface area contributed by atoms with Crippen molar-refractivity contribution in [2.45, 2.75) is 63.6 Å². The average molecular weight is 518 g/mol.